The summed E-state index contributed by atoms with van der Waals surface area (Å²) in [7, 11) is 0. The Hall–Kier alpha value is -1.11. The van der Waals surface area contributed by atoms with Gasteiger partial charge in [0.15, 0.2) is 0 Å². The molecule has 0 saturated heterocycles. The van der Waals surface area contributed by atoms with Gasteiger partial charge in [0.2, 0.25) is 0 Å². The summed E-state index contributed by atoms with van der Waals surface area (Å²) in [4.78, 5) is 4.07. The van der Waals surface area contributed by atoms with Gasteiger partial charge in [-0.05, 0) is 32.3 Å². The van der Waals surface area contributed by atoms with Gasteiger partial charge in [-0.15, -0.1) is 0 Å². The molecule has 1 nitrogen and oxygen atoms in total. The number of allylic oxidation sites excluding steroid dienone is 4. The molecule has 0 aliphatic rings. The Kier molecular flexibility index (Phi) is 61.5. The molecule has 0 aromatic rings. The van der Waals surface area contributed by atoms with Gasteiger partial charge in [0.1, 0.15) is 0 Å². The number of rotatable bonds is 6. The summed E-state index contributed by atoms with van der Waals surface area (Å²) in [5, 5.41) is 0. The number of hydrogen-bond acceptors (Lipinski definition) is 1. The van der Waals surface area contributed by atoms with Gasteiger partial charge in [0, 0.05) is 12.4 Å². The maximum Gasteiger partial charge on any atom is 0.0256 e. The van der Waals surface area contributed by atoms with Gasteiger partial charge in [-0.1, -0.05) is 106 Å². The van der Waals surface area contributed by atoms with Gasteiger partial charge in [-0.3, -0.25) is 4.99 Å². The number of aliphatic imine (C=N–C) groups is 1. The first kappa shape index (κ1) is 34.3. The van der Waals surface area contributed by atoms with Crippen molar-refractivity contribution in [1.29, 1.82) is 0 Å². The fraction of sp³-hybridized carbons (Fsp3) is 0.696. The Morgan fingerprint density at radius 2 is 1.33 bits per heavy atom. The SMILES string of the molecule is C=C/C(=C\CC)C/C(C)=C/N=CC.CC.CC.CCC.CCCC. The highest BCUT2D eigenvalue weighted by atomic mass is 14.7. The maximum absolute atomic E-state index is 4.07. The Bertz CT molecular complexity index is 268. The van der Waals surface area contributed by atoms with Gasteiger partial charge in [-0.25, -0.2) is 0 Å². The van der Waals surface area contributed by atoms with Crippen LogP contribution in [0.1, 0.15) is 108 Å². The molecular weight excluding hydrogens is 290 g/mol. The first-order chi connectivity index (χ1) is 11.6. The van der Waals surface area contributed by atoms with Crippen LogP contribution in [0.25, 0.3) is 0 Å². The highest BCUT2D eigenvalue weighted by Gasteiger charge is 1.92. The van der Waals surface area contributed by atoms with Gasteiger partial charge in [-0.2, -0.15) is 0 Å². The molecule has 0 aliphatic carbocycles. The summed E-state index contributed by atoms with van der Waals surface area (Å²) in [6.07, 6.45) is 13.7. The minimum atomic E-state index is 0.953. The smallest absolute Gasteiger partial charge is 0.0256 e. The number of nitrogens with zero attached hydrogens (tertiary/aromatic N) is 1. The van der Waals surface area contributed by atoms with Crippen LogP contribution in [0.3, 0.4) is 0 Å². The van der Waals surface area contributed by atoms with Crippen LogP contribution in [-0.2, 0) is 0 Å². The van der Waals surface area contributed by atoms with Crippen LogP contribution in [0.2, 0.25) is 0 Å². The second-order valence-electron chi connectivity index (χ2n) is 4.66. The van der Waals surface area contributed by atoms with Crippen molar-refractivity contribution in [3.05, 3.63) is 36.1 Å². The van der Waals surface area contributed by atoms with Crippen molar-refractivity contribution >= 4 is 6.21 Å². The summed E-state index contributed by atoms with van der Waals surface area (Å²) >= 11 is 0. The zero-order valence-corrected chi connectivity index (χ0v) is 19.0. The molecule has 0 saturated carbocycles. The molecule has 0 N–H and O–H groups in total. The molecule has 0 bridgehead atoms. The van der Waals surface area contributed by atoms with Crippen molar-refractivity contribution in [2.75, 3.05) is 0 Å². The Morgan fingerprint density at radius 3 is 1.58 bits per heavy atom. The molecule has 146 valence electrons. The van der Waals surface area contributed by atoms with E-state index in [0.717, 1.165) is 12.8 Å². The molecule has 0 atom stereocenters. The lowest BCUT2D eigenvalue weighted by atomic mass is 10.1. The zero-order valence-electron chi connectivity index (χ0n) is 19.0. The van der Waals surface area contributed by atoms with E-state index in [2.05, 4.69) is 59.2 Å². The first-order valence-corrected chi connectivity index (χ1v) is 10.0. The topological polar surface area (TPSA) is 12.4 Å². The van der Waals surface area contributed by atoms with Crippen LogP contribution in [0.15, 0.2) is 41.1 Å². The lowest BCUT2D eigenvalue weighted by Crippen LogP contribution is -1.81. The van der Waals surface area contributed by atoms with Crippen molar-refractivity contribution in [2.24, 2.45) is 4.99 Å². The van der Waals surface area contributed by atoms with Gasteiger partial charge < -0.3 is 0 Å². The average Bonchev–Trinajstić information content (AvgIpc) is 2.63. The summed E-state index contributed by atoms with van der Waals surface area (Å²) in [6.45, 7) is 26.5. The Morgan fingerprint density at radius 1 is 0.917 bits per heavy atom. The standard InChI is InChI=1S/C12H19N.C4H10.C3H8.2C2H6/c1-5-8-12(6-2)9-11(4)10-13-7-3;1-3-4-2;1-3-2;2*1-2/h6-8,10H,2,5,9H2,1,3-4H3;3-4H2,1-2H3;3H2,1-2H3;2*1-2H3/b11-10+,12-8+,13-7?;;;;. The van der Waals surface area contributed by atoms with Crippen molar-refractivity contribution < 1.29 is 0 Å². The van der Waals surface area contributed by atoms with Crippen LogP contribution in [0, 0.1) is 0 Å². The first-order valence-electron chi connectivity index (χ1n) is 10.0. The van der Waals surface area contributed by atoms with E-state index in [9.17, 15) is 0 Å². The van der Waals surface area contributed by atoms with E-state index in [0.29, 0.717) is 0 Å². The third kappa shape index (κ3) is 49.7. The van der Waals surface area contributed by atoms with Crippen LogP contribution in [0.4, 0.5) is 0 Å². The predicted molar refractivity (Wildman–Crippen MR) is 120 cm³/mol. The minimum absolute atomic E-state index is 0.953. The van der Waals surface area contributed by atoms with E-state index >= 15 is 0 Å². The number of hydrogen-bond donors (Lipinski definition) is 0. The molecule has 0 fully saturated rings. The normalized spacial score (nSPS) is 9.96. The molecule has 0 aliphatic heterocycles. The molecule has 0 rings (SSSR count). The fourth-order valence-corrected chi connectivity index (χ4v) is 1.06. The quantitative estimate of drug-likeness (QED) is 0.338. The van der Waals surface area contributed by atoms with E-state index < -0.39 is 0 Å². The van der Waals surface area contributed by atoms with Crippen LogP contribution in [0.5, 0.6) is 0 Å². The Labute approximate surface area is 156 Å². The van der Waals surface area contributed by atoms with Gasteiger partial charge >= 0.3 is 0 Å². The molecule has 0 unspecified atom stereocenters. The third-order valence-electron chi connectivity index (χ3n) is 2.16. The van der Waals surface area contributed by atoms with Crippen molar-refractivity contribution in [1.82, 2.24) is 0 Å². The maximum atomic E-state index is 4.07. The molecular formula is C23H49N. The molecule has 0 heterocycles. The lowest BCUT2D eigenvalue weighted by Gasteiger charge is -2.00. The highest BCUT2D eigenvalue weighted by molar-refractivity contribution is 5.54. The lowest BCUT2D eigenvalue weighted by molar-refractivity contribution is 0.886. The summed E-state index contributed by atoms with van der Waals surface area (Å²) < 4.78 is 0. The summed E-state index contributed by atoms with van der Waals surface area (Å²) in [6, 6.07) is 0. The van der Waals surface area contributed by atoms with Crippen LogP contribution < -0.4 is 0 Å². The average molecular weight is 340 g/mol. The molecule has 0 amide bonds. The molecule has 0 aromatic carbocycles. The van der Waals surface area contributed by atoms with E-state index in [1.54, 1.807) is 6.21 Å². The largest absolute Gasteiger partial charge is 0.269 e. The molecule has 0 radical (unpaired) electrons. The minimum Gasteiger partial charge on any atom is -0.269 e. The predicted octanol–water partition coefficient (Wildman–Crippen LogP) is 9.17. The zero-order chi connectivity index (χ0) is 20.2. The third-order valence-corrected chi connectivity index (χ3v) is 2.16. The van der Waals surface area contributed by atoms with E-state index in [1.807, 2.05) is 46.9 Å². The van der Waals surface area contributed by atoms with E-state index in [-0.39, 0.29) is 0 Å². The second kappa shape index (κ2) is 43.1. The van der Waals surface area contributed by atoms with Crippen molar-refractivity contribution in [2.45, 2.75) is 108 Å². The van der Waals surface area contributed by atoms with E-state index in [1.165, 1.54) is 30.4 Å². The molecule has 24 heavy (non-hydrogen) atoms. The van der Waals surface area contributed by atoms with Gasteiger partial charge in [0.25, 0.3) is 0 Å². The van der Waals surface area contributed by atoms with E-state index in [4.69, 9.17) is 0 Å². The monoisotopic (exact) mass is 339 g/mol. The Balaban J connectivity index is -0.0000000904. The summed E-state index contributed by atoms with van der Waals surface area (Å²) in [5.41, 5.74) is 2.54. The summed E-state index contributed by atoms with van der Waals surface area (Å²) in [5.74, 6) is 0. The van der Waals surface area contributed by atoms with Crippen molar-refractivity contribution in [3.63, 3.8) is 0 Å². The molecule has 0 aromatic heterocycles. The van der Waals surface area contributed by atoms with Crippen molar-refractivity contribution in [3.8, 4) is 0 Å². The molecule has 1 heteroatoms. The van der Waals surface area contributed by atoms with Gasteiger partial charge in [0.05, 0.1) is 0 Å². The number of unbranched alkanes of at least 4 members (excludes halogenated alkanes) is 1. The molecule has 0 spiro atoms. The van der Waals surface area contributed by atoms with Crippen LogP contribution >= 0.6 is 0 Å². The second-order valence-corrected chi connectivity index (χ2v) is 4.66. The highest BCUT2D eigenvalue weighted by Crippen LogP contribution is 2.11. The fourth-order valence-electron chi connectivity index (χ4n) is 1.06. The van der Waals surface area contributed by atoms with Crippen LogP contribution in [-0.4, -0.2) is 6.21 Å².